The zero-order chi connectivity index (χ0) is 22.7. The molecule has 4 rings (SSSR count). The monoisotopic (exact) mass is 451 g/mol. The number of carbonyl (C=O) groups excluding carboxylic acids is 1. The van der Waals surface area contributed by atoms with Crippen LogP contribution in [0.3, 0.4) is 0 Å². The lowest BCUT2D eigenvalue weighted by molar-refractivity contribution is -0.145. The van der Waals surface area contributed by atoms with Crippen molar-refractivity contribution in [2.24, 2.45) is 5.41 Å². The van der Waals surface area contributed by atoms with E-state index in [1.165, 1.54) is 5.56 Å². The van der Waals surface area contributed by atoms with E-state index in [1.54, 1.807) is 11.3 Å². The van der Waals surface area contributed by atoms with Gasteiger partial charge in [0.1, 0.15) is 5.01 Å². The molecule has 3 aromatic rings. The Morgan fingerprint density at radius 3 is 2.53 bits per heavy atom. The van der Waals surface area contributed by atoms with E-state index in [4.69, 9.17) is 0 Å². The molecular formula is C25H29N3O3S. The molecule has 1 aliphatic carbocycles. The molecular weight excluding hydrogens is 422 g/mol. The summed E-state index contributed by atoms with van der Waals surface area (Å²) in [5.41, 5.74) is 3.41. The molecule has 2 aromatic carbocycles. The maximum absolute atomic E-state index is 13.2. The molecule has 0 fully saturated rings. The molecule has 7 heteroatoms. The SMILES string of the molecule is CN(C)CCCc1ccc2nc(CNC(=O)C3(CC(=O)O)Cc4ccccc4C3)sc2c1. The van der Waals surface area contributed by atoms with Gasteiger partial charge in [-0.1, -0.05) is 30.3 Å². The van der Waals surface area contributed by atoms with Crippen molar-refractivity contribution in [1.29, 1.82) is 0 Å². The first-order valence-electron chi connectivity index (χ1n) is 10.9. The molecule has 1 aliphatic rings. The van der Waals surface area contributed by atoms with Crippen molar-refractivity contribution in [2.75, 3.05) is 20.6 Å². The van der Waals surface area contributed by atoms with Gasteiger partial charge in [0.25, 0.3) is 0 Å². The lowest BCUT2D eigenvalue weighted by Gasteiger charge is -2.25. The quantitative estimate of drug-likeness (QED) is 0.519. The second kappa shape index (κ2) is 9.38. The molecule has 0 spiro atoms. The van der Waals surface area contributed by atoms with Crippen molar-refractivity contribution in [1.82, 2.24) is 15.2 Å². The Labute approximate surface area is 192 Å². The number of aryl methyl sites for hydroxylation is 1. The number of hydrogen-bond donors (Lipinski definition) is 2. The van der Waals surface area contributed by atoms with Crippen LogP contribution in [0.5, 0.6) is 0 Å². The molecule has 1 heterocycles. The zero-order valence-corrected chi connectivity index (χ0v) is 19.4. The van der Waals surface area contributed by atoms with E-state index in [-0.39, 0.29) is 12.3 Å². The topological polar surface area (TPSA) is 82.5 Å². The predicted octanol–water partition coefficient (Wildman–Crippen LogP) is 3.67. The highest BCUT2D eigenvalue weighted by atomic mass is 32.1. The Hall–Kier alpha value is -2.77. The van der Waals surface area contributed by atoms with E-state index >= 15 is 0 Å². The molecule has 1 amide bonds. The minimum absolute atomic E-state index is 0.177. The highest BCUT2D eigenvalue weighted by Gasteiger charge is 2.45. The molecule has 6 nitrogen and oxygen atoms in total. The fourth-order valence-corrected chi connectivity index (χ4v) is 5.51. The van der Waals surface area contributed by atoms with Gasteiger partial charge >= 0.3 is 5.97 Å². The average molecular weight is 452 g/mol. The smallest absolute Gasteiger partial charge is 0.304 e. The van der Waals surface area contributed by atoms with Crippen LogP contribution in [0, 0.1) is 5.41 Å². The third-order valence-electron chi connectivity index (χ3n) is 6.12. The van der Waals surface area contributed by atoms with Gasteiger partial charge < -0.3 is 15.3 Å². The van der Waals surface area contributed by atoms with Gasteiger partial charge in [-0.05, 0) is 75.1 Å². The third-order valence-corrected chi connectivity index (χ3v) is 7.13. The molecule has 0 bridgehead atoms. The van der Waals surface area contributed by atoms with Crippen molar-refractivity contribution in [2.45, 2.75) is 38.6 Å². The first-order valence-corrected chi connectivity index (χ1v) is 11.8. The second-order valence-corrected chi connectivity index (χ2v) is 10.1. The van der Waals surface area contributed by atoms with Gasteiger partial charge in [0.05, 0.1) is 28.6 Å². The van der Waals surface area contributed by atoms with Crippen molar-refractivity contribution in [3.05, 3.63) is 64.2 Å². The van der Waals surface area contributed by atoms with Crippen molar-refractivity contribution >= 4 is 33.4 Å². The van der Waals surface area contributed by atoms with Crippen LogP contribution in [0.1, 0.15) is 34.5 Å². The zero-order valence-electron chi connectivity index (χ0n) is 18.6. The van der Waals surface area contributed by atoms with E-state index in [1.807, 2.05) is 30.3 Å². The van der Waals surface area contributed by atoms with E-state index in [2.05, 4.69) is 41.4 Å². The number of thiazole rings is 1. The van der Waals surface area contributed by atoms with E-state index in [0.29, 0.717) is 19.4 Å². The van der Waals surface area contributed by atoms with Gasteiger partial charge in [-0.25, -0.2) is 4.98 Å². The number of hydrogen-bond acceptors (Lipinski definition) is 5. The van der Waals surface area contributed by atoms with Gasteiger partial charge in [-0.3, -0.25) is 9.59 Å². The van der Waals surface area contributed by atoms with Crippen LogP contribution in [0.15, 0.2) is 42.5 Å². The molecule has 1 aromatic heterocycles. The van der Waals surface area contributed by atoms with Gasteiger partial charge in [-0.15, -0.1) is 11.3 Å². The molecule has 0 unspecified atom stereocenters. The Bertz CT molecular complexity index is 1110. The first-order chi connectivity index (χ1) is 15.3. The fraction of sp³-hybridized carbons (Fsp3) is 0.400. The van der Waals surface area contributed by atoms with Crippen LogP contribution in [-0.4, -0.2) is 47.5 Å². The summed E-state index contributed by atoms with van der Waals surface area (Å²) in [4.78, 5) is 31.6. The number of carboxylic acid groups (broad SMARTS) is 1. The van der Waals surface area contributed by atoms with Gasteiger partial charge in [0.15, 0.2) is 0 Å². The molecule has 0 saturated heterocycles. The van der Waals surface area contributed by atoms with Crippen molar-refractivity contribution < 1.29 is 14.7 Å². The lowest BCUT2D eigenvalue weighted by atomic mass is 9.80. The second-order valence-electron chi connectivity index (χ2n) is 8.97. The fourth-order valence-electron chi connectivity index (χ4n) is 4.54. The summed E-state index contributed by atoms with van der Waals surface area (Å²) in [7, 11) is 4.16. The van der Waals surface area contributed by atoms with Gasteiger partial charge in [0, 0.05) is 0 Å². The number of nitrogens with zero attached hydrogens (tertiary/aromatic N) is 2. The van der Waals surface area contributed by atoms with E-state index in [9.17, 15) is 14.7 Å². The number of aromatic nitrogens is 1. The standard InChI is InChI=1S/C25H29N3O3S/c1-28(2)11-5-6-17-9-10-20-21(12-17)32-22(27-20)16-26-24(31)25(15-23(29)30)13-18-7-3-4-8-19(18)14-25/h3-4,7-10,12H,5-6,11,13-16H2,1-2H3,(H,26,31)(H,29,30). The van der Waals surface area contributed by atoms with Crippen molar-refractivity contribution in [3.63, 3.8) is 0 Å². The molecule has 0 radical (unpaired) electrons. The van der Waals surface area contributed by atoms with Crippen LogP contribution in [0.2, 0.25) is 0 Å². The minimum atomic E-state index is -0.949. The Kier molecular flexibility index (Phi) is 6.58. The Morgan fingerprint density at radius 1 is 1.16 bits per heavy atom. The number of rotatable bonds is 9. The van der Waals surface area contributed by atoms with Crippen LogP contribution in [-0.2, 0) is 35.4 Å². The summed E-state index contributed by atoms with van der Waals surface area (Å²) in [5.74, 6) is -1.16. The Morgan fingerprint density at radius 2 is 1.88 bits per heavy atom. The van der Waals surface area contributed by atoms with Crippen molar-refractivity contribution in [3.8, 4) is 0 Å². The van der Waals surface area contributed by atoms with Gasteiger partial charge in [-0.2, -0.15) is 0 Å². The highest BCUT2D eigenvalue weighted by molar-refractivity contribution is 7.18. The number of amides is 1. The minimum Gasteiger partial charge on any atom is -0.481 e. The summed E-state index contributed by atoms with van der Waals surface area (Å²) in [6.45, 7) is 1.37. The normalized spacial score (nSPS) is 14.6. The maximum Gasteiger partial charge on any atom is 0.304 e. The van der Waals surface area contributed by atoms with E-state index < -0.39 is 11.4 Å². The largest absolute Gasteiger partial charge is 0.481 e. The summed E-state index contributed by atoms with van der Waals surface area (Å²) in [6, 6.07) is 14.2. The number of carbonyl (C=O) groups is 2. The maximum atomic E-state index is 13.2. The number of nitrogens with one attached hydrogen (secondary N) is 1. The Balaban J connectivity index is 1.43. The summed E-state index contributed by atoms with van der Waals surface area (Å²) in [6.07, 6.45) is 2.86. The van der Waals surface area contributed by atoms with Crippen LogP contribution < -0.4 is 5.32 Å². The average Bonchev–Trinajstić information content (AvgIpc) is 3.31. The molecule has 168 valence electrons. The molecule has 0 saturated carbocycles. The molecule has 0 atom stereocenters. The van der Waals surface area contributed by atoms with E-state index in [0.717, 1.165) is 45.7 Å². The van der Waals surface area contributed by atoms with Gasteiger partial charge in [0.2, 0.25) is 5.91 Å². The van der Waals surface area contributed by atoms with Crippen LogP contribution in [0.25, 0.3) is 10.2 Å². The highest BCUT2D eigenvalue weighted by Crippen LogP contribution is 2.40. The number of carboxylic acids is 1. The predicted molar refractivity (Wildman–Crippen MR) is 127 cm³/mol. The lowest BCUT2D eigenvalue weighted by Crippen LogP contribution is -2.43. The third kappa shape index (κ3) is 5.00. The summed E-state index contributed by atoms with van der Waals surface area (Å²) in [5, 5.41) is 13.3. The molecule has 0 aliphatic heterocycles. The molecule has 2 N–H and O–H groups in total. The summed E-state index contributed by atoms with van der Waals surface area (Å²) < 4.78 is 1.12. The van der Waals surface area contributed by atoms with Crippen LogP contribution >= 0.6 is 11.3 Å². The molecule has 32 heavy (non-hydrogen) atoms. The number of benzene rings is 2. The van der Waals surface area contributed by atoms with Crippen LogP contribution in [0.4, 0.5) is 0 Å². The number of fused-ring (bicyclic) bond motifs is 2. The summed E-state index contributed by atoms with van der Waals surface area (Å²) >= 11 is 1.58. The number of aliphatic carboxylic acids is 1. The first kappa shape index (κ1) is 22.4.